The number of aliphatic carboxylic acids is 1. The highest BCUT2D eigenvalue weighted by Gasteiger charge is 2.41. The van der Waals surface area contributed by atoms with E-state index in [-0.39, 0.29) is 0 Å². The zero-order valence-electron chi connectivity index (χ0n) is 10.1. The van der Waals surface area contributed by atoms with E-state index in [4.69, 9.17) is 4.74 Å². The van der Waals surface area contributed by atoms with Gasteiger partial charge in [0, 0.05) is 0 Å². The first kappa shape index (κ1) is 11.7. The van der Waals surface area contributed by atoms with Crippen LogP contribution in [0.3, 0.4) is 0 Å². The predicted molar refractivity (Wildman–Crippen MR) is 65.4 cm³/mol. The number of carboxylic acids is 1. The van der Waals surface area contributed by atoms with Crippen molar-refractivity contribution in [3.8, 4) is 5.75 Å². The Bertz CT molecular complexity index is 466. The van der Waals surface area contributed by atoms with Gasteiger partial charge in [-0.15, -0.1) is 0 Å². The molecule has 3 nitrogen and oxygen atoms in total. The molecule has 1 aromatic carbocycles. The van der Waals surface area contributed by atoms with Gasteiger partial charge < -0.3 is 9.84 Å². The number of rotatable bonds is 3. The highest BCUT2D eigenvalue weighted by Crippen LogP contribution is 2.39. The van der Waals surface area contributed by atoms with Gasteiger partial charge in [-0.25, -0.2) is 0 Å². The molecule has 0 aromatic heterocycles. The lowest BCUT2D eigenvalue weighted by molar-refractivity contribution is -0.143. The zero-order valence-corrected chi connectivity index (χ0v) is 10.1. The van der Waals surface area contributed by atoms with Gasteiger partial charge in [0.25, 0.3) is 0 Å². The molecule has 0 unspecified atom stereocenters. The van der Waals surface area contributed by atoms with Gasteiger partial charge in [-0.3, -0.25) is 4.79 Å². The van der Waals surface area contributed by atoms with Crippen molar-refractivity contribution >= 4 is 5.97 Å². The Morgan fingerprint density at radius 1 is 1.35 bits per heavy atom. The van der Waals surface area contributed by atoms with Gasteiger partial charge in [0.15, 0.2) is 0 Å². The van der Waals surface area contributed by atoms with E-state index in [9.17, 15) is 9.90 Å². The van der Waals surface area contributed by atoms with Gasteiger partial charge in [-0.05, 0) is 37.0 Å². The molecule has 2 rings (SSSR count). The summed E-state index contributed by atoms with van der Waals surface area (Å²) in [7, 11) is 1.60. The van der Waals surface area contributed by atoms with Crippen LogP contribution in [0.1, 0.15) is 24.0 Å². The van der Waals surface area contributed by atoms with Gasteiger partial charge >= 0.3 is 5.97 Å². The van der Waals surface area contributed by atoms with Crippen LogP contribution in [0.2, 0.25) is 0 Å². The molecule has 1 aliphatic rings. The molecule has 0 heterocycles. The van der Waals surface area contributed by atoms with Gasteiger partial charge in [0.2, 0.25) is 0 Å². The number of benzene rings is 1. The third-order valence-corrected chi connectivity index (χ3v) is 3.47. The van der Waals surface area contributed by atoms with E-state index in [2.05, 4.69) is 0 Å². The van der Waals surface area contributed by atoms with Crippen LogP contribution in [-0.4, -0.2) is 18.2 Å². The number of allylic oxidation sites excluding steroid dienone is 2. The normalized spacial score (nSPS) is 17.1. The van der Waals surface area contributed by atoms with E-state index in [1.807, 2.05) is 37.3 Å². The van der Waals surface area contributed by atoms with Gasteiger partial charge in [0.05, 0.1) is 12.5 Å². The maximum Gasteiger partial charge on any atom is 0.314 e. The summed E-state index contributed by atoms with van der Waals surface area (Å²) in [4.78, 5) is 11.5. The van der Waals surface area contributed by atoms with Crippen LogP contribution in [-0.2, 0) is 10.2 Å². The molecule has 1 N–H and O–H groups in total. The molecular weight excluding hydrogens is 216 g/mol. The van der Waals surface area contributed by atoms with Gasteiger partial charge in [-0.1, -0.05) is 24.3 Å². The first-order chi connectivity index (χ1) is 8.10. The summed E-state index contributed by atoms with van der Waals surface area (Å²) in [6.07, 6.45) is 4.96. The van der Waals surface area contributed by atoms with E-state index in [0.29, 0.717) is 12.8 Å². The monoisotopic (exact) mass is 232 g/mol. The van der Waals surface area contributed by atoms with Crippen LogP contribution in [0.5, 0.6) is 5.75 Å². The number of hydrogen-bond acceptors (Lipinski definition) is 2. The first-order valence-corrected chi connectivity index (χ1v) is 5.64. The number of aryl methyl sites for hydroxylation is 1. The highest BCUT2D eigenvalue weighted by molar-refractivity contribution is 5.83. The minimum Gasteiger partial charge on any atom is -0.496 e. The van der Waals surface area contributed by atoms with Crippen molar-refractivity contribution in [2.45, 2.75) is 25.2 Å². The van der Waals surface area contributed by atoms with E-state index < -0.39 is 11.4 Å². The lowest BCUT2D eigenvalue weighted by Gasteiger charge is -2.25. The van der Waals surface area contributed by atoms with Crippen LogP contribution in [0, 0.1) is 6.92 Å². The molecule has 0 saturated heterocycles. The molecule has 0 bridgehead atoms. The van der Waals surface area contributed by atoms with Crippen molar-refractivity contribution in [2.24, 2.45) is 0 Å². The molecule has 90 valence electrons. The molecule has 0 aliphatic heterocycles. The second-order valence-electron chi connectivity index (χ2n) is 4.45. The number of carboxylic acid groups (broad SMARTS) is 1. The molecule has 17 heavy (non-hydrogen) atoms. The van der Waals surface area contributed by atoms with E-state index in [0.717, 1.165) is 16.9 Å². The molecule has 0 spiro atoms. The van der Waals surface area contributed by atoms with Crippen molar-refractivity contribution in [1.82, 2.24) is 0 Å². The summed E-state index contributed by atoms with van der Waals surface area (Å²) in [6.45, 7) is 1.95. The Labute approximate surface area is 101 Å². The maximum absolute atomic E-state index is 11.5. The molecule has 0 atom stereocenters. The van der Waals surface area contributed by atoms with Gasteiger partial charge in [-0.2, -0.15) is 0 Å². The first-order valence-electron chi connectivity index (χ1n) is 5.64. The summed E-state index contributed by atoms with van der Waals surface area (Å²) >= 11 is 0. The Kier molecular flexibility index (Phi) is 2.92. The van der Waals surface area contributed by atoms with Crippen molar-refractivity contribution in [1.29, 1.82) is 0 Å². The van der Waals surface area contributed by atoms with Crippen molar-refractivity contribution < 1.29 is 14.6 Å². The number of hydrogen-bond donors (Lipinski definition) is 1. The third-order valence-electron chi connectivity index (χ3n) is 3.47. The van der Waals surface area contributed by atoms with E-state index in [1.54, 1.807) is 7.11 Å². The third kappa shape index (κ3) is 1.82. The Hall–Kier alpha value is -1.77. The summed E-state index contributed by atoms with van der Waals surface area (Å²) in [6, 6.07) is 5.65. The van der Waals surface area contributed by atoms with Crippen LogP contribution in [0.15, 0.2) is 30.4 Å². The fourth-order valence-corrected chi connectivity index (χ4v) is 2.30. The molecule has 0 fully saturated rings. The minimum absolute atomic E-state index is 0.550. The number of methoxy groups -OCH3 is 1. The summed E-state index contributed by atoms with van der Waals surface area (Å²) in [5.74, 6) is -0.0246. The van der Waals surface area contributed by atoms with E-state index in [1.165, 1.54) is 0 Å². The van der Waals surface area contributed by atoms with Crippen LogP contribution in [0.4, 0.5) is 0 Å². The summed E-state index contributed by atoms with van der Waals surface area (Å²) < 4.78 is 5.26. The molecule has 0 radical (unpaired) electrons. The summed E-state index contributed by atoms with van der Waals surface area (Å²) in [5.41, 5.74) is 1.03. The number of ether oxygens (including phenoxy) is 1. The van der Waals surface area contributed by atoms with Crippen LogP contribution in [0.25, 0.3) is 0 Å². The van der Waals surface area contributed by atoms with Crippen molar-refractivity contribution in [3.05, 3.63) is 41.5 Å². The molecule has 0 amide bonds. The van der Waals surface area contributed by atoms with Crippen molar-refractivity contribution in [3.63, 3.8) is 0 Å². The second-order valence-corrected chi connectivity index (χ2v) is 4.45. The largest absolute Gasteiger partial charge is 0.496 e. The standard InChI is InChI=1S/C14H16O3/c1-10-5-6-11(9-12(10)17-2)14(13(15)16)7-3-4-8-14/h3-6,9H,7-8H2,1-2H3,(H,15,16). The summed E-state index contributed by atoms with van der Waals surface area (Å²) in [5, 5.41) is 9.47. The van der Waals surface area contributed by atoms with Crippen LogP contribution < -0.4 is 4.74 Å². The van der Waals surface area contributed by atoms with E-state index >= 15 is 0 Å². The second kappa shape index (κ2) is 4.24. The molecule has 0 saturated carbocycles. The number of carbonyl (C=O) groups is 1. The molecule has 1 aromatic rings. The zero-order chi connectivity index (χ0) is 12.5. The Morgan fingerprint density at radius 2 is 2.00 bits per heavy atom. The predicted octanol–water partition coefficient (Wildman–Crippen LogP) is 2.68. The Morgan fingerprint density at radius 3 is 2.53 bits per heavy atom. The van der Waals surface area contributed by atoms with Crippen molar-refractivity contribution in [2.75, 3.05) is 7.11 Å². The molecule has 1 aliphatic carbocycles. The maximum atomic E-state index is 11.5. The average molecular weight is 232 g/mol. The topological polar surface area (TPSA) is 46.5 Å². The lowest BCUT2D eigenvalue weighted by Crippen LogP contribution is -2.32. The van der Waals surface area contributed by atoms with Crippen LogP contribution >= 0.6 is 0 Å². The fraction of sp³-hybridized carbons (Fsp3) is 0.357. The fourth-order valence-electron chi connectivity index (χ4n) is 2.30. The average Bonchev–Trinajstić information content (AvgIpc) is 2.80. The lowest BCUT2D eigenvalue weighted by atomic mass is 9.78. The molecular formula is C14H16O3. The Balaban J connectivity index is 2.48. The van der Waals surface area contributed by atoms with Gasteiger partial charge in [0.1, 0.15) is 5.75 Å². The smallest absolute Gasteiger partial charge is 0.314 e. The molecule has 3 heteroatoms. The highest BCUT2D eigenvalue weighted by atomic mass is 16.5. The minimum atomic E-state index is -0.805. The quantitative estimate of drug-likeness (QED) is 0.815. The SMILES string of the molecule is COc1cc(C2(C(=O)O)CC=CC2)ccc1C.